The lowest BCUT2D eigenvalue weighted by atomic mass is 9.95. The van der Waals surface area contributed by atoms with Gasteiger partial charge < -0.3 is 19.6 Å². The number of likely N-dealkylation sites (N-methyl/N-ethyl adjacent to an activating group) is 1. The fraction of sp³-hybridized carbons (Fsp3) is 0.214. The molecule has 0 bridgehead atoms. The van der Waals surface area contributed by atoms with Gasteiger partial charge in [-0.3, -0.25) is 9.59 Å². The third-order valence-corrected chi connectivity index (χ3v) is 6.12. The molecule has 1 aliphatic rings. The van der Waals surface area contributed by atoms with E-state index in [0.717, 1.165) is 5.56 Å². The third kappa shape index (κ3) is 5.56. The van der Waals surface area contributed by atoms with E-state index >= 15 is 0 Å². The Morgan fingerprint density at radius 3 is 2.40 bits per heavy atom. The minimum atomic E-state index is -0.745. The first kappa shape index (κ1) is 24.5. The largest absolute Gasteiger partial charge is 0.507 e. The van der Waals surface area contributed by atoms with E-state index in [1.165, 1.54) is 4.90 Å². The zero-order valence-electron chi connectivity index (χ0n) is 19.6. The summed E-state index contributed by atoms with van der Waals surface area (Å²) in [7, 11) is 3.80. The normalized spacial score (nSPS) is 17.3. The lowest BCUT2D eigenvalue weighted by Crippen LogP contribution is -2.35. The maximum absolute atomic E-state index is 13.1. The highest BCUT2D eigenvalue weighted by atomic mass is 35.5. The van der Waals surface area contributed by atoms with Gasteiger partial charge in [0.25, 0.3) is 11.7 Å². The van der Waals surface area contributed by atoms with Gasteiger partial charge in [0.2, 0.25) is 0 Å². The Morgan fingerprint density at radius 1 is 1.00 bits per heavy atom. The number of Topliss-reactive ketones (excluding diaryl/α,β-unsaturated/α-hetero) is 1. The summed E-state index contributed by atoms with van der Waals surface area (Å²) < 4.78 is 5.98. The quantitative estimate of drug-likeness (QED) is 0.276. The molecular formula is C28H27ClN2O4. The van der Waals surface area contributed by atoms with Gasteiger partial charge in [0.05, 0.1) is 11.6 Å². The molecule has 1 aliphatic heterocycles. The number of hydrogen-bond acceptors (Lipinski definition) is 5. The Bertz CT molecular complexity index is 1240. The first-order valence-electron chi connectivity index (χ1n) is 11.3. The molecule has 7 heteroatoms. The molecule has 0 radical (unpaired) electrons. The van der Waals surface area contributed by atoms with Gasteiger partial charge in [0.15, 0.2) is 0 Å². The lowest BCUT2D eigenvalue weighted by Gasteiger charge is -2.27. The average Bonchev–Trinajstić information content (AvgIpc) is 3.12. The van der Waals surface area contributed by atoms with Crippen molar-refractivity contribution < 1.29 is 19.4 Å². The van der Waals surface area contributed by atoms with E-state index in [-0.39, 0.29) is 11.3 Å². The summed E-state index contributed by atoms with van der Waals surface area (Å²) in [5.41, 5.74) is 2.18. The molecule has 3 aromatic carbocycles. The van der Waals surface area contributed by atoms with Gasteiger partial charge in [-0.1, -0.05) is 54.1 Å². The molecule has 180 valence electrons. The lowest BCUT2D eigenvalue weighted by molar-refractivity contribution is -0.140. The molecule has 1 heterocycles. The van der Waals surface area contributed by atoms with Crippen LogP contribution >= 0.6 is 11.6 Å². The monoisotopic (exact) mass is 490 g/mol. The molecule has 1 saturated heterocycles. The molecule has 0 spiro atoms. The summed E-state index contributed by atoms with van der Waals surface area (Å²) in [4.78, 5) is 29.7. The van der Waals surface area contributed by atoms with Crippen LogP contribution in [-0.4, -0.2) is 53.8 Å². The molecule has 35 heavy (non-hydrogen) atoms. The van der Waals surface area contributed by atoms with E-state index < -0.39 is 17.7 Å². The number of aliphatic hydroxyl groups is 1. The number of ether oxygens (including phenoxy) is 1. The van der Waals surface area contributed by atoms with Gasteiger partial charge in [-0.2, -0.15) is 0 Å². The maximum Gasteiger partial charge on any atom is 0.295 e. The Balaban J connectivity index is 1.73. The van der Waals surface area contributed by atoms with E-state index in [4.69, 9.17) is 16.3 Å². The molecule has 6 nitrogen and oxygen atoms in total. The van der Waals surface area contributed by atoms with E-state index in [9.17, 15) is 14.7 Å². The van der Waals surface area contributed by atoms with Crippen molar-refractivity contribution in [2.45, 2.75) is 12.6 Å². The highest BCUT2D eigenvalue weighted by Gasteiger charge is 2.46. The smallest absolute Gasteiger partial charge is 0.295 e. The van der Waals surface area contributed by atoms with Gasteiger partial charge in [-0.25, -0.2) is 0 Å². The zero-order chi connectivity index (χ0) is 24.9. The van der Waals surface area contributed by atoms with Crippen molar-refractivity contribution in [1.29, 1.82) is 0 Å². The summed E-state index contributed by atoms with van der Waals surface area (Å²) >= 11 is 5.99. The second-order valence-corrected chi connectivity index (χ2v) is 9.09. The van der Waals surface area contributed by atoms with E-state index in [0.29, 0.717) is 41.6 Å². The number of amides is 1. The van der Waals surface area contributed by atoms with Crippen LogP contribution in [0.2, 0.25) is 5.02 Å². The number of carbonyl (C=O) groups is 2. The highest BCUT2D eigenvalue weighted by molar-refractivity contribution is 6.46. The summed E-state index contributed by atoms with van der Waals surface area (Å²) in [6, 6.07) is 22.9. The SMILES string of the molecule is CN(C)CCN1C(=O)C(=O)/C(=C(/O)c2ccc(Cl)cc2)C1c1cccc(OCc2ccccc2)c1. The first-order chi connectivity index (χ1) is 16.8. The molecule has 1 amide bonds. The second kappa shape index (κ2) is 10.8. The van der Waals surface area contributed by atoms with Crippen LogP contribution < -0.4 is 4.74 Å². The topological polar surface area (TPSA) is 70.1 Å². The van der Waals surface area contributed by atoms with Crippen molar-refractivity contribution in [3.63, 3.8) is 0 Å². The van der Waals surface area contributed by atoms with Gasteiger partial charge in [0, 0.05) is 23.7 Å². The van der Waals surface area contributed by atoms with Crippen LogP contribution in [0.1, 0.15) is 22.7 Å². The van der Waals surface area contributed by atoms with Crippen molar-refractivity contribution in [2.75, 3.05) is 27.2 Å². The van der Waals surface area contributed by atoms with Crippen LogP contribution in [0.15, 0.2) is 84.4 Å². The van der Waals surface area contributed by atoms with E-state index in [2.05, 4.69) is 0 Å². The van der Waals surface area contributed by atoms with Crippen LogP contribution in [0.25, 0.3) is 5.76 Å². The molecule has 1 N–H and O–H groups in total. The Kier molecular flexibility index (Phi) is 7.54. The Morgan fingerprint density at radius 2 is 1.71 bits per heavy atom. The van der Waals surface area contributed by atoms with Crippen molar-refractivity contribution in [3.05, 3.63) is 106 Å². The second-order valence-electron chi connectivity index (χ2n) is 8.65. The van der Waals surface area contributed by atoms with Gasteiger partial charge in [0.1, 0.15) is 18.1 Å². The Labute approximate surface area is 210 Å². The summed E-state index contributed by atoms with van der Waals surface area (Å²) in [6.07, 6.45) is 0. The van der Waals surface area contributed by atoms with Crippen molar-refractivity contribution >= 4 is 29.1 Å². The standard InChI is InChI=1S/C28H27ClN2O4/c1-30(2)15-16-31-25(21-9-6-10-23(17-21)35-18-19-7-4-3-5-8-19)24(27(33)28(31)34)26(32)20-11-13-22(29)14-12-20/h3-14,17,25,32H,15-16,18H2,1-2H3/b26-24+. The predicted molar refractivity (Wildman–Crippen MR) is 136 cm³/mol. The third-order valence-electron chi connectivity index (χ3n) is 5.87. The summed E-state index contributed by atoms with van der Waals surface area (Å²) in [5.74, 6) is -0.969. The van der Waals surface area contributed by atoms with Gasteiger partial charge in [-0.05, 0) is 61.6 Å². The molecule has 0 aromatic heterocycles. The average molecular weight is 491 g/mol. The zero-order valence-corrected chi connectivity index (χ0v) is 20.4. The van der Waals surface area contributed by atoms with Crippen LogP contribution in [-0.2, 0) is 16.2 Å². The van der Waals surface area contributed by atoms with Crippen LogP contribution in [0.5, 0.6) is 5.75 Å². The van der Waals surface area contributed by atoms with E-state index in [1.807, 2.05) is 73.6 Å². The van der Waals surface area contributed by atoms with Crippen LogP contribution in [0, 0.1) is 0 Å². The first-order valence-corrected chi connectivity index (χ1v) is 11.7. The molecule has 1 unspecified atom stereocenters. The molecule has 0 saturated carbocycles. The molecule has 0 aliphatic carbocycles. The summed E-state index contributed by atoms with van der Waals surface area (Å²) in [6.45, 7) is 1.28. The van der Waals surface area contributed by atoms with Crippen molar-refractivity contribution in [3.8, 4) is 5.75 Å². The highest BCUT2D eigenvalue weighted by Crippen LogP contribution is 2.40. The molecule has 1 fully saturated rings. The molecule has 1 atom stereocenters. The fourth-order valence-corrected chi connectivity index (χ4v) is 4.17. The van der Waals surface area contributed by atoms with Gasteiger partial charge >= 0.3 is 0 Å². The molecule has 4 rings (SSSR count). The summed E-state index contributed by atoms with van der Waals surface area (Å²) in [5, 5.41) is 11.7. The van der Waals surface area contributed by atoms with Crippen molar-refractivity contribution in [1.82, 2.24) is 9.80 Å². The minimum absolute atomic E-state index is 0.0521. The van der Waals surface area contributed by atoms with Gasteiger partial charge in [-0.15, -0.1) is 0 Å². The number of benzene rings is 3. The number of rotatable bonds is 8. The van der Waals surface area contributed by atoms with Crippen LogP contribution in [0.3, 0.4) is 0 Å². The maximum atomic E-state index is 13.1. The van der Waals surface area contributed by atoms with Crippen molar-refractivity contribution in [2.24, 2.45) is 0 Å². The number of likely N-dealkylation sites (tertiary alicyclic amines) is 1. The number of nitrogens with zero attached hydrogens (tertiary/aromatic N) is 2. The number of halogens is 1. The minimum Gasteiger partial charge on any atom is -0.507 e. The fourth-order valence-electron chi connectivity index (χ4n) is 4.04. The van der Waals surface area contributed by atoms with E-state index in [1.54, 1.807) is 24.3 Å². The Hall–Kier alpha value is -3.61. The molecule has 3 aromatic rings. The number of carbonyl (C=O) groups excluding carboxylic acids is 2. The number of aliphatic hydroxyl groups excluding tert-OH is 1. The predicted octanol–water partition coefficient (Wildman–Crippen LogP) is 4.90. The molecular weight excluding hydrogens is 464 g/mol. The van der Waals surface area contributed by atoms with Crippen LogP contribution in [0.4, 0.5) is 0 Å². The number of hydrogen-bond donors (Lipinski definition) is 1. The number of ketones is 1.